The van der Waals surface area contributed by atoms with Crippen LogP contribution in [0.25, 0.3) is 11.6 Å². The Hall–Kier alpha value is -3.81. The molecular weight excluding hydrogens is 434 g/mol. The molecule has 8 heteroatoms. The van der Waals surface area contributed by atoms with Crippen LogP contribution in [-0.4, -0.2) is 36.4 Å². The molecule has 1 atom stereocenters. The monoisotopic (exact) mass is 461 g/mol. The van der Waals surface area contributed by atoms with Crippen molar-refractivity contribution in [1.29, 1.82) is 0 Å². The number of carbonyl (C=O) groups excluding carboxylic acids is 3. The van der Waals surface area contributed by atoms with Crippen molar-refractivity contribution in [2.24, 2.45) is 0 Å². The maximum absolute atomic E-state index is 13.2. The molecule has 2 aliphatic heterocycles. The van der Waals surface area contributed by atoms with E-state index in [1.807, 2.05) is 19.1 Å². The second-order valence-corrected chi connectivity index (χ2v) is 9.29. The van der Waals surface area contributed by atoms with Crippen molar-refractivity contribution in [2.75, 3.05) is 13.7 Å². The molecule has 2 aromatic rings. The van der Waals surface area contributed by atoms with Crippen LogP contribution in [0.5, 0.6) is 5.75 Å². The highest BCUT2D eigenvalue weighted by Gasteiger charge is 2.53. The topological polar surface area (TPSA) is 101 Å². The molecule has 1 aliphatic carbocycles. The quantitative estimate of drug-likeness (QED) is 0.671. The van der Waals surface area contributed by atoms with Crippen LogP contribution in [0.4, 0.5) is 4.79 Å². The van der Waals surface area contributed by atoms with Crippen LogP contribution in [0, 0.1) is 0 Å². The second kappa shape index (κ2) is 7.90. The van der Waals surface area contributed by atoms with E-state index in [4.69, 9.17) is 9.15 Å². The lowest BCUT2D eigenvalue weighted by Gasteiger charge is -2.29. The molecule has 4 amide bonds. The zero-order valence-electron chi connectivity index (χ0n) is 19.7. The number of amides is 4. The maximum Gasteiger partial charge on any atom is 0.322 e. The Morgan fingerprint density at radius 3 is 2.62 bits per heavy atom. The smallest absolute Gasteiger partial charge is 0.322 e. The number of methoxy groups -OCH3 is 1. The number of furan rings is 1. The molecule has 1 fully saturated rings. The Morgan fingerprint density at radius 1 is 1.12 bits per heavy atom. The molecule has 5 rings (SSSR count). The Labute approximate surface area is 197 Å². The summed E-state index contributed by atoms with van der Waals surface area (Å²) in [7, 11) is 1.55. The van der Waals surface area contributed by atoms with Gasteiger partial charge in [-0.05, 0) is 62.9 Å². The van der Waals surface area contributed by atoms with Gasteiger partial charge in [-0.25, -0.2) is 4.79 Å². The Kier molecular flexibility index (Phi) is 5.11. The molecule has 2 N–H and O–H groups in total. The second-order valence-electron chi connectivity index (χ2n) is 9.29. The van der Waals surface area contributed by atoms with Crippen molar-refractivity contribution in [3.8, 4) is 5.75 Å². The first kappa shape index (κ1) is 22.0. The molecule has 3 heterocycles. The van der Waals surface area contributed by atoms with Gasteiger partial charge in [0.25, 0.3) is 11.8 Å². The summed E-state index contributed by atoms with van der Waals surface area (Å²) < 4.78 is 11.6. The van der Waals surface area contributed by atoms with Crippen LogP contribution in [-0.2, 0) is 16.9 Å². The van der Waals surface area contributed by atoms with Crippen molar-refractivity contribution in [1.82, 2.24) is 15.5 Å². The van der Waals surface area contributed by atoms with Crippen LogP contribution >= 0.6 is 0 Å². The molecule has 0 spiro atoms. The molecule has 0 bridgehead atoms. The largest absolute Gasteiger partial charge is 0.497 e. The number of imide groups is 1. The van der Waals surface area contributed by atoms with Crippen LogP contribution < -0.4 is 15.4 Å². The number of nitrogens with zero attached hydrogens (tertiary/aromatic N) is 1. The van der Waals surface area contributed by atoms with Gasteiger partial charge >= 0.3 is 6.03 Å². The number of nitrogens with one attached hydrogen (secondary N) is 2. The van der Waals surface area contributed by atoms with Gasteiger partial charge in [-0.2, -0.15) is 0 Å². The highest BCUT2D eigenvalue weighted by Crippen LogP contribution is 2.38. The van der Waals surface area contributed by atoms with Crippen molar-refractivity contribution in [3.63, 3.8) is 0 Å². The lowest BCUT2D eigenvalue weighted by atomic mass is 9.93. The van der Waals surface area contributed by atoms with Crippen molar-refractivity contribution in [2.45, 2.75) is 45.7 Å². The first-order valence-electron chi connectivity index (χ1n) is 11.3. The zero-order valence-corrected chi connectivity index (χ0v) is 19.7. The maximum atomic E-state index is 13.2. The fraction of sp³-hybridized carbons (Fsp3) is 0.346. The third kappa shape index (κ3) is 3.41. The number of urea groups is 1. The Balaban J connectivity index is 1.57. The van der Waals surface area contributed by atoms with E-state index in [1.54, 1.807) is 24.1 Å². The van der Waals surface area contributed by atoms with Gasteiger partial charge in [0.05, 0.1) is 13.7 Å². The van der Waals surface area contributed by atoms with Gasteiger partial charge < -0.3 is 19.4 Å². The first-order chi connectivity index (χ1) is 16.2. The summed E-state index contributed by atoms with van der Waals surface area (Å²) in [6.07, 6.45) is 3.93. The molecule has 1 unspecified atom stereocenters. The summed E-state index contributed by atoms with van der Waals surface area (Å²) in [5.41, 5.74) is 4.12. The molecule has 176 valence electrons. The fourth-order valence-electron chi connectivity index (χ4n) is 4.85. The molecular formula is C26H27N3O5. The molecule has 34 heavy (non-hydrogen) atoms. The molecule has 1 saturated heterocycles. The predicted octanol–water partition coefficient (Wildman–Crippen LogP) is 3.97. The number of hydrogen-bond acceptors (Lipinski definition) is 5. The summed E-state index contributed by atoms with van der Waals surface area (Å²) >= 11 is 0. The molecule has 8 nitrogen and oxygen atoms in total. The van der Waals surface area contributed by atoms with E-state index in [-0.39, 0.29) is 12.5 Å². The summed E-state index contributed by atoms with van der Waals surface area (Å²) in [5, 5.41) is 5.09. The van der Waals surface area contributed by atoms with Gasteiger partial charge in [0.2, 0.25) is 0 Å². The molecule has 0 saturated carbocycles. The predicted molar refractivity (Wildman–Crippen MR) is 126 cm³/mol. The van der Waals surface area contributed by atoms with Crippen LogP contribution in [0.1, 0.15) is 66.6 Å². The standard InChI is InChI=1S/C26H27N3O5/c1-14-5-6-15(2)16(3)22-18(9-14)10-21(34-22)26(24(31)27-25(32)28-26)13-29-12-17-7-8-19(33-4)11-20(17)23(29)30/h7-11H,5-6,12-13H2,1-4H3,(H2,27,28,31,32). The first-order valence-corrected chi connectivity index (χ1v) is 11.3. The van der Waals surface area contributed by atoms with Crippen molar-refractivity contribution < 1.29 is 23.5 Å². The van der Waals surface area contributed by atoms with Crippen LogP contribution in [0.2, 0.25) is 0 Å². The van der Waals surface area contributed by atoms with E-state index in [9.17, 15) is 14.4 Å². The third-order valence-corrected chi connectivity index (χ3v) is 7.02. The third-order valence-electron chi connectivity index (χ3n) is 7.02. The molecule has 0 radical (unpaired) electrons. The molecule has 1 aromatic heterocycles. The van der Waals surface area contributed by atoms with Crippen LogP contribution in [0.3, 0.4) is 0 Å². The summed E-state index contributed by atoms with van der Waals surface area (Å²) in [5.74, 6) is 0.802. The van der Waals surface area contributed by atoms with Crippen LogP contribution in [0.15, 0.2) is 39.8 Å². The highest BCUT2D eigenvalue weighted by molar-refractivity contribution is 6.08. The Morgan fingerprint density at radius 2 is 1.91 bits per heavy atom. The van der Waals surface area contributed by atoms with Gasteiger partial charge in [0.15, 0.2) is 5.54 Å². The van der Waals surface area contributed by atoms with Gasteiger partial charge in [-0.1, -0.05) is 23.3 Å². The van der Waals surface area contributed by atoms with Gasteiger partial charge in [-0.3, -0.25) is 14.9 Å². The van der Waals surface area contributed by atoms with E-state index >= 15 is 0 Å². The van der Waals surface area contributed by atoms with Crippen molar-refractivity contribution >= 4 is 29.5 Å². The Bertz CT molecular complexity index is 1300. The average Bonchev–Trinajstić information content (AvgIpc) is 3.45. The van der Waals surface area contributed by atoms with E-state index in [0.717, 1.165) is 29.5 Å². The van der Waals surface area contributed by atoms with Crippen molar-refractivity contribution in [3.05, 3.63) is 63.6 Å². The summed E-state index contributed by atoms with van der Waals surface area (Å²) in [6.45, 7) is 6.41. The number of ether oxygens (including phenoxy) is 1. The van der Waals surface area contributed by atoms with Gasteiger partial charge in [0, 0.05) is 17.7 Å². The molecule has 3 aliphatic rings. The number of hydrogen-bond donors (Lipinski definition) is 2. The van der Waals surface area contributed by atoms with E-state index < -0.39 is 17.5 Å². The normalized spacial score (nSPS) is 22.1. The number of rotatable bonds is 4. The van der Waals surface area contributed by atoms with Gasteiger partial charge in [-0.15, -0.1) is 0 Å². The minimum Gasteiger partial charge on any atom is -0.497 e. The lowest BCUT2D eigenvalue weighted by Crippen LogP contribution is -2.52. The highest BCUT2D eigenvalue weighted by atomic mass is 16.5. The number of fused-ring (bicyclic) bond motifs is 2. The van der Waals surface area contributed by atoms with E-state index in [2.05, 4.69) is 30.6 Å². The fourth-order valence-corrected chi connectivity index (χ4v) is 4.85. The number of carbonyl (C=O) groups is 3. The van der Waals surface area contributed by atoms with E-state index in [0.29, 0.717) is 29.4 Å². The lowest BCUT2D eigenvalue weighted by molar-refractivity contribution is -0.125. The SMILES string of the molecule is COc1ccc2c(c1)C(=O)N(CC1(c3cc4c(o3)C(C)=C(C)CCC(C)=C4)NC(=O)NC1=O)C2. The average molecular weight is 462 g/mol. The summed E-state index contributed by atoms with van der Waals surface area (Å²) in [6, 6.07) is 6.53. The zero-order chi connectivity index (χ0) is 24.2. The minimum absolute atomic E-state index is 0.0583. The number of benzene rings is 1. The minimum atomic E-state index is -1.53. The molecule has 1 aromatic carbocycles. The number of allylic oxidation sites excluding steroid dienone is 3. The van der Waals surface area contributed by atoms with E-state index in [1.165, 1.54) is 11.1 Å². The van der Waals surface area contributed by atoms with Gasteiger partial charge in [0.1, 0.15) is 17.3 Å². The summed E-state index contributed by atoms with van der Waals surface area (Å²) in [4.78, 5) is 40.3.